The third-order valence-electron chi connectivity index (χ3n) is 3.33. The predicted molar refractivity (Wildman–Crippen MR) is 69.8 cm³/mol. The van der Waals surface area contributed by atoms with Gasteiger partial charge in [0, 0.05) is 32.2 Å². The van der Waals surface area contributed by atoms with Crippen LogP contribution in [0.1, 0.15) is 12.5 Å². The van der Waals surface area contributed by atoms with E-state index in [-0.39, 0.29) is 5.96 Å². The van der Waals surface area contributed by atoms with Gasteiger partial charge in [0.2, 0.25) is 0 Å². The number of benzene rings is 1. The summed E-state index contributed by atoms with van der Waals surface area (Å²) in [5.41, 5.74) is 6.86. The Morgan fingerprint density at radius 3 is 2.65 bits per heavy atom. The van der Waals surface area contributed by atoms with Gasteiger partial charge < -0.3 is 10.6 Å². The summed E-state index contributed by atoms with van der Waals surface area (Å²) in [5, 5.41) is 7.45. The van der Waals surface area contributed by atoms with E-state index in [1.54, 1.807) is 0 Å². The number of hydrogen-bond donors (Lipinski definition) is 2. The first-order valence-electron chi connectivity index (χ1n) is 6.04. The molecule has 1 saturated heterocycles. The quantitative estimate of drug-likeness (QED) is 0.593. The molecule has 4 nitrogen and oxygen atoms in total. The SMILES string of the molecule is CC1CN(C(=N)N)CCN1Cc1ccccc1. The minimum absolute atomic E-state index is 0.191. The van der Waals surface area contributed by atoms with Crippen molar-refractivity contribution in [2.45, 2.75) is 19.5 Å². The van der Waals surface area contributed by atoms with E-state index >= 15 is 0 Å². The van der Waals surface area contributed by atoms with Crippen LogP contribution >= 0.6 is 0 Å². The number of nitrogens with zero attached hydrogens (tertiary/aromatic N) is 2. The van der Waals surface area contributed by atoms with E-state index in [1.807, 2.05) is 11.0 Å². The Kier molecular flexibility index (Phi) is 3.64. The van der Waals surface area contributed by atoms with Gasteiger partial charge in [0.1, 0.15) is 0 Å². The van der Waals surface area contributed by atoms with E-state index < -0.39 is 0 Å². The standard InChI is InChI=1S/C13H20N4/c1-11-9-17(13(14)15)8-7-16(11)10-12-5-3-2-4-6-12/h2-6,11H,7-10H2,1H3,(H3,14,15). The molecule has 0 aromatic heterocycles. The van der Waals surface area contributed by atoms with E-state index in [1.165, 1.54) is 5.56 Å². The van der Waals surface area contributed by atoms with Crippen LogP contribution in [0.2, 0.25) is 0 Å². The Morgan fingerprint density at radius 2 is 2.06 bits per heavy atom. The van der Waals surface area contributed by atoms with Crippen molar-refractivity contribution in [2.75, 3.05) is 19.6 Å². The van der Waals surface area contributed by atoms with E-state index in [4.69, 9.17) is 11.1 Å². The normalized spacial score (nSPS) is 21.5. The molecule has 1 atom stereocenters. The molecule has 4 heteroatoms. The van der Waals surface area contributed by atoms with Gasteiger partial charge in [0.05, 0.1) is 0 Å². The van der Waals surface area contributed by atoms with Gasteiger partial charge >= 0.3 is 0 Å². The maximum absolute atomic E-state index is 7.45. The molecule has 1 aromatic rings. The summed E-state index contributed by atoms with van der Waals surface area (Å²) in [6, 6.07) is 10.9. The monoisotopic (exact) mass is 232 g/mol. The zero-order valence-electron chi connectivity index (χ0n) is 10.3. The molecule has 0 amide bonds. The molecule has 1 fully saturated rings. The molecule has 1 unspecified atom stereocenters. The topological polar surface area (TPSA) is 56.4 Å². The van der Waals surface area contributed by atoms with Gasteiger partial charge in [-0.3, -0.25) is 10.3 Å². The van der Waals surface area contributed by atoms with Crippen molar-refractivity contribution in [3.63, 3.8) is 0 Å². The number of guanidine groups is 1. The number of hydrogen-bond acceptors (Lipinski definition) is 2. The number of nitrogens with two attached hydrogens (primary N) is 1. The fourth-order valence-electron chi connectivity index (χ4n) is 2.27. The molecular formula is C13H20N4. The van der Waals surface area contributed by atoms with Gasteiger partial charge in [-0.2, -0.15) is 0 Å². The maximum Gasteiger partial charge on any atom is 0.188 e. The predicted octanol–water partition coefficient (Wildman–Crippen LogP) is 1.09. The fourth-order valence-corrected chi connectivity index (χ4v) is 2.27. The molecule has 0 radical (unpaired) electrons. The Balaban J connectivity index is 1.94. The average molecular weight is 232 g/mol. The minimum atomic E-state index is 0.191. The average Bonchev–Trinajstić information content (AvgIpc) is 2.33. The lowest BCUT2D eigenvalue weighted by atomic mass is 10.1. The summed E-state index contributed by atoms with van der Waals surface area (Å²) in [5.74, 6) is 0.191. The Labute approximate surface area is 103 Å². The van der Waals surface area contributed by atoms with Crippen molar-refractivity contribution in [1.82, 2.24) is 9.80 Å². The molecule has 3 N–H and O–H groups in total. The Hall–Kier alpha value is -1.55. The lowest BCUT2D eigenvalue weighted by Crippen LogP contribution is -2.54. The molecule has 17 heavy (non-hydrogen) atoms. The van der Waals surface area contributed by atoms with Crippen molar-refractivity contribution in [3.8, 4) is 0 Å². The van der Waals surface area contributed by atoms with Gasteiger partial charge in [0.25, 0.3) is 0 Å². The number of piperazine rings is 1. The molecule has 0 saturated carbocycles. The molecule has 1 heterocycles. The van der Waals surface area contributed by atoms with Crippen molar-refractivity contribution in [1.29, 1.82) is 5.41 Å². The highest BCUT2D eigenvalue weighted by Gasteiger charge is 2.23. The summed E-state index contributed by atoms with van der Waals surface area (Å²) in [6.45, 7) is 5.84. The highest BCUT2D eigenvalue weighted by Crippen LogP contribution is 2.13. The molecule has 1 aliphatic rings. The highest BCUT2D eigenvalue weighted by molar-refractivity contribution is 5.74. The zero-order chi connectivity index (χ0) is 12.3. The molecule has 0 bridgehead atoms. The van der Waals surface area contributed by atoms with Gasteiger partial charge in [0.15, 0.2) is 5.96 Å². The third kappa shape index (κ3) is 2.97. The fraction of sp³-hybridized carbons (Fsp3) is 0.462. The van der Waals surface area contributed by atoms with Crippen LogP contribution in [-0.2, 0) is 6.54 Å². The first-order valence-corrected chi connectivity index (χ1v) is 6.04. The summed E-state index contributed by atoms with van der Waals surface area (Å²) in [7, 11) is 0. The lowest BCUT2D eigenvalue weighted by Gasteiger charge is -2.40. The van der Waals surface area contributed by atoms with Crippen LogP contribution in [0.5, 0.6) is 0 Å². The molecule has 1 aliphatic heterocycles. The van der Waals surface area contributed by atoms with Crippen LogP contribution < -0.4 is 5.73 Å². The molecule has 0 spiro atoms. The first kappa shape index (κ1) is 11.9. The molecule has 92 valence electrons. The Morgan fingerprint density at radius 1 is 1.35 bits per heavy atom. The van der Waals surface area contributed by atoms with Crippen molar-refractivity contribution < 1.29 is 0 Å². The summed E-state index contributed by atoms with van der Waals surface area (Å²) >= 11 is 0. The van der Waals surface area contributed by atoms with Gasteiger partial charge in [-0.05, 0) is 12.5 Å². The van der Waals surface area contributed by atoms with E-state index in [9.17, 15) is 0 Å². The van der Waals surface area contributed by atoms with Crippen LogP contribution in [0, 0.1) is 5.41 Å². The lowest BCUT2D eigenvalue weighted by molar-refractivity contribution is 0.115. The summed E-state index contributed by atoms with van der Waals surface area (Å²) in [4.78, 5) is 4.38. The maximum atomic E-state index is 7.45. The second-order valence-corrected chi connectivity index (χ2v) is 4.64. The molecular weight excluding hydrogens is 212 g/mol. The van der Waals surface area contributed by atoms with Crippen LogP contribution in [0.4, 0.5) is 0 Å². The van der Waals surface area contributed by atoms with E-state index in [0.29, 0.717) is 6.04 Å². The van der Waals surface area contributed by atoms with E-state index in [0.717, 1.165) is 26.2 Å². The molecule has 1 aromatic carbocycles. The second kappa shape index (κ2) is 5.19. The molecule has 0 aliphatic carbocycles. The molecule has 2 rings (SSSR count). The zero-order valence-corrected chi connectivity index (χ0v) is 10.3. The van der Waals surface area contributed by atoms with Crippen molar-refractivity contribution >= 4 is 5.96 Å². The third-order valence-corrected chi connectivity index (χ3v) is 3.33. The number of nitrogens with one attached hydrogen (secondary N) is 1. The summed E-state index contributed by atoms with van der Waals surface area (Å²) in [6.07, 6.45) is 0. The van der Waals surface area contributed by atoms with Crippen LogP contribution in [0.15, 0.2) is 30.3 Å². The van der Waals surface area contributed by atoms with E-state index in [2.05, 4.69) is 36.1 Å². The summed E-state index contributed by atoms with van der Waals surface area (Å²) < 4.78 is 0. The number of rotatable bonds is 2. The highest BCUT2D eigenvalue weighted by atomic mass is 15.3. The van der Waals surface area contributed by atoms with Gasteiger partial charge in [-0.15, -0.1) is 0 Å². The minimum Gasteiger partial charge on any atom is -0.370 e. The van der Waals surface area contributed by atoms with Crippen molar-refractivity contribution in [3.05, 3.63) is 35.9 Å². The van der Waals surface area contributed by atoms with Crippen molar-refractivity contribution in [2.24, 2.45) is 5.73 Å². The van der Waals surface area contributed by atoms with Crippen LogP contribution in [0.3, 0.4) is 0 Å². The van der Waals surface area contributed by atoms with Gasteiger partial charge in [-0.25, -0.2) is 0 Å². The van der Waals surface area contributed by atoms with Crippen LogP contribution in [0.25, 0.3) is 0 Å². The Bertz CT molecular complexity index is 376. The first-order chi connectivity index (χ1) is 8.16. The van der Waals surface area contributed by atoms with Crippen LogP contribution in [-0.4, -0.2) is 41.4 Å². The second-order valence-electron chi connectivity index (χ2n) is 4.64. The largest absolute Gasteiger partial charge is 0.370 e. The van der Waals surface area contributed by atoms with Gasteiger partial charge in [-0.1, -0.05) is 30.3 Å². The smallest absolute Gasteiger partial charge is 0.188 e.